The second-order valence-corrected chi connectivity index (χ2v) is 5.78. The van der Waals surface area contributed by atoms with Gasteiger partial charge in [-0.2, -0.15) is 5.10 Å². The summed E-state index contributed by atoms with van der Waals surface area (Å²) in [7, 11) is -3.05. The van der Waals surface area contributed by atoms with Gasteiger partial charge in [0.05, 0.1) is 5.75 Å². The normalized spacial score (nSPS) is 11.6. The first-order chi connectivity index (χ1) is 7.33. The molecule has 0 unspecified atom stereocenters. The lowest BCUT2D eigenvalue weighted by atomic mass is 10.3. The second-order valence-electron chi connectivity index (χ2n) is 3.52. The zero-order valence-electron chi connectivity index (χ0n) is 9.17. The quantitative estimate of drug-likeness (QED) is 0.801. The molecule has 1 rings (SSSR count). The zero-order valence-corrected chi connectivity index (χ0v) is 9.99. The summed E-state index contributed by atoms with van der Waals surface area (Å²) in [6, 6.07) is 1.41. The molecule has 1 aromatic rings. The Kier molecular flexibility index (Phi) is 3.69. The van der Waals surface area contributed by atoms with Crippen LogP contribution in [0.25, 0.3) is 0 Å². The fraction of sp³-hybridized carbons (Fsp3) is 0.556. The Morgan fingerprint density at radius 3 is 2.62 bits per heavy atom. The van der Waals surface area contributed by atoms with Crippen LogP contribution in [0.15, 0.2) is 6.07 Å². The zero-order chi connectivity index (χ0) is 12.3. The molecule has 0 atom stereocenters. The molecule has 0 fully saturated rings. The minimum atomic E-state index is -3.05. The van der Waals surface area contributed by atoms with Crippen LogP contribution >= 0.6 is 0 Å². The molecule has 0 spiro atoms. The summed E-state index contributed by atoms with van der Waals surface area (Å²) in [4.78, 5) is 10.7. The molecule has 0 saturated heterocycles. The van der Waals surface area contributed by atoms with E-state index in [2.05, 4.69) is 5.10 Å². The van der Waals surface area contributed by atoms with Crippen LogP contribution in [0.5, 0.6) is 0 Å². The van der Waals surface area contributed by atoms with Gasteiger partial charge in [-0.1, -0.05) is 0 Å². The molecule has 0 amide bonds. The van der Waals surface area contributed by atoms with Gasteiger partial charge < -0.3 is 5.11 Å². The number of sulfone groups is 1. The molecule has 0 aromatic carbocycles. The van der Waals surface area contributed by atoms with Crippen LogP contribution in [0.4, 0.5) is 0 Å². The van der Waals surface area contributed by atoms with Crippen LogP contribution < -0.4 is 0 Å². The van der Waals surface area contributed by atoms with Crippen LogP contribution in [0, 0.1) is 0 Å². The number of hydrogen-bond acceptors (Lipinski definition) is 4. The van der Waals surface area contributed by atoms with Crippen molar-refractivity contribution >= 4 is 15.8 Å². The fourth-order valence-corrected chi connectivity index (χ4v) is 1.90. The number of nitrogens with zero attached hydrogens (tertiary/aromatic N) is 2. The Morgan fingerprint density at radius 2 is 2.19 bits per heavy atom. The van der Waals surface area contributed by atoms with Crippen molar-refractivity contribution in [3.63, 3.8) is 0 Å². The molecule has 16 heavy (non-hydrogen) atoms. The largest absolute Gasteiger partial charge is 0.476 e. The molecule has 0 aliphatic rings. The van der Waals surface area contributed by atoms with E-state index in [0.717, 1.165) is 6.26 Å². The molecule has 6 nitrogen and oxygen atoms in total. The van der Waals surface area contributed by atoms with E-state index in [1.165, 1.54) is 10.7 Å². The molecule has 0 aliphatic carbocycles. The molecule has 0 aliphatic heterocycles. The SMILES string of the molecule is CCn1nc(C(=O)O)cc1CCS(C)(=O)=O. The summed E-state index contributed by atoms with van der Waals surface area (Å²) in [5.41, 5.74) is 0.579. The minimum Gasteiger partial charge on any atom is -0.476 e. The van der Waals surface area contributed by atoms with Crippen molar-refractivity contribution in [1.82, 2.24) is 9.78 Å². The van der Waals surface area contributed by atoms with E-state index in [-0.39, 0.29) is 17.9 Å². The summed E-state index contributed by atoms with van der Waals surface area (Å²) >= 11 is 0. The molecule has 1 N–H and O–H groups in total. The number of carboxylic acid groups (broad SMARTS) is 1. The number of aryl methyl sites for hydroxylation is 2. The third-order valence-electron chi connectivity index (χ3n) is 2.11. The molecule has 1 heterocycles. The number of carboxylic acids is 1. The topological polar surface area (TPSA) is 89.3 Å². The third-order valence-corrected chi connectivity index (χ3v) is 3.06. The van der Waals surface area contributed by atoms with Gasteiger partial charge in [0.1, 0.15) is 9.84 Å². The average Bonchev–Trinajstić information content (AvgIpc) is 2.56. The van der Waals surface area contributed by atoms with Crippen molar-refractivity contribution in [2.75, 3.05) is 12.0 Å². The van der Waals surface area contributed by atoms with Gasteiger partial charge in [0.2, 0.25) is 0 Å². The van der Waals surface area contributed by atoms with Crippen LogP contribution in [0.2, 0.25) is 0 Å². The Hall–Kier alpha value is -1.37. The highest BCUT2D eigenvalue weighted by atomic mass is 32.2. The first kappa shape index (κ1) is 12.7. The van der Waals surface area contributed by atoms with Gasteiger partial charge in [-0.05, 0) is 13.0 Å². The van der Waals surface area contributed by atoms with Crippen LogP contribution in [-0.4, -0.2) is 41.3 Å². The first-order valence-electron chi connectivity index (χ1n) is 4.81. The summed E-state index contributed by atoms with van der Waals surface area (Å²) in [5.74, 6) is -1.11. The van der Waals surface area contributed by atoms with Gasteiger partial charge in [-0.25, -0.2) is 13.2 Å². The standard InChI is InChI=1S/C9H14N2O4S/c1-3-11-7(4-5-16(2,14)15)6-8(10-11)9(12)13/h6H,3-5H2,1-2H3,(H,12,13). The monoisotopic (exact) mass is 246 g/mol. The number of aromatic nitrogens is 2. The average molecular weight is 246 g/mol. The van der Waals surface area contributed by atoms with Crippen molar-refractivity contribution in [2.24, 2.45) is 0 Å². The highest BCUT2D eigenvalue weighted by Crippen LogP contribution is 2.07. The highest BCUT2D eigenvalue weighted by molar-refractivity contribution is 7.90. The van der Waals surface area contributed by atoms with Crippen LogP contribution in [0.3, 0.4) is 0 Å². The minimum absolute atomic E-state index is 0.00223. The molecule has 7 heteroatoms. The van der Waals surface area contributed by atoms with E-state index in [1.807, 2.05) is 6.92 Å². The van der Waals surface area contributed by atoms with Gasteiger partial charge in [0, 0.05) is 24.9 Å². The van der Waals surface area contributed by atoms with Crippen molar-refractivity contribution in [1.29, 1.82) is 0 Å². The Labute approximate surface area is 93.8 Å². The van der Waals surface area contributed by atoms with Crippen molar-refractivity contribution in [3.05, 3.63) is 17.5 Å². The number of rotatable bonds is 5. The van der Waals surface area contributed by atoms with Crippen molar-refractivity contribution in [3.8, 4) is 0 Å². The lowest BCUT2D eigenvalue weighted by molar-refractivity contribution is 0.0689. The smallest absolute Gasteiger partial charge is 0.356 e. The summed E-state index contributed by atoms with van der Waals surface area (Å²) in [6.07, 6.45) is 1.44. The predicted octanol–water partition coefficient (Wildman–Crippen LogP) is 0.188. The van der Waals surface area contributed by atoms with Gasteiger partial charge in [-0.15, -0.1) is 0 Å². The lowest BCUT2D eigenvalue weighted by Crippen LogP contribution is -2.10. The second kappa shape index (κ2) is 4.65. The summed E-state index contributed by atoms with van der Waals surface area (Å²) in [6.45, 7) is 2.34. The Morgan fingerprint density at radius 1 is 1.56 bits per heavy atom. The van der Waals surface area contributed by atoms with Crippen LogP contribution in [0.1, 0.15) is 23.1 Å². The van der Waals surface area contributed by atoms with E-state index in [4.69, 9.17) is 5.11 Å². The molecule has 0 saturated carbocycles. The predicted molar refractivity (Wildman–Crippen MR) is 58.3 cm³/mol. The molecule has 90 valence electrons. The number of hydrogen-bond donors (Lipinski definition) is 1. The maximum atomic E-state index is 11.0. The maximum absolute atomic E-state index is 11.0. The Bertz CT molecular complexity index is 490. The fourth-order valence-electron chi connectivity index (χ4n) is 1.32. The number of carbonyl (C=O) groups is 1. The van der Waals surface area contributed by atoms with E-state index in [9.17, 15) is 13.2 Å². The van der Waals surface area contributed by atoms with E-state index < -0.39 is 15.8 Å². The molecule has 0 bridgehead atoms. The van der Waals surface area contributed by atoms with E-state index >= 15 is 0 Å². The molecular formula is C9H14N2O4S. The molecule has 0 radical (unpaired) electrons. The lowest BCUT2D eigenvalue weighted by Gasteiger charge is -2.02. The Balaban J connectivity index is 2.90. The van der Waals surface area contributed by atoms with Crippen molar-refractivity contribution in [2.45, 2.75) is 19.9 Å². The van der Waals surface area contributed by atoms with Crippen LogP contribution in [-0.2, 0) is 22.8 Å². The van der Waals surface area contributed by atoms with E-state index in [0.29, 0.717) is 12.2 Å². The highest BCUT2D eigenvalue weighted by Gasteiger charge is 2.13. The van der Waals surface area contributed by atoms with E-state index in [1.54, 1.807) is 0 Å². The van der Waals surface area contributed by atoms with Gasteiger partial charge >= 0.3 is 5.97 Å². The van der Waals surface area contributed by atoms with Gasteiger partial charge in [-0.3, -0.25) is 4.68 Å². The van der Waals surface area contributed by atoms with Gasteiger partial charge in [0.15, 0.2) is 5.69 Å². The summed E-state index contributed by atoms with van der Waals surface area (Å²) in [5, 5.41) is 12.6. The number of aromatic carboxylic acids is 1. The maximum Gasteiger partial charge on any atom is 0.356 e. The molecule has 1 aromatic heterocycles. The first-order valence-corrected chi connectivity index (χ1v) is 6.87. The molecular weight excluding hydrogens is 232 g/mol. The summed E-state index contributed by atoms with van der Waals surface area (Å²) < 4.78 is 23.5. The van der Waals surface area contributed by atoms with Crippen molar-refractivity contribution < 1.29 is 18.3 Å². The van der Waals surface area contributed by atoms with Gasteiger partial charge in [0.25, 0.3) is 0 Å². The third kappa shape index (κ3) is 3.34.